The fourth-order valence-corrected chi connectivity index (χ4v) is 1.09. The average Bonchev–Trinajstić information content (AvgIpc) is 2.57. The molecule has 0 spiro atoms. The Labute approximate surface area is 133 Å². The van der Waals surface area contributed by atoms with E-state index < -0.39 is 38.3 Å². The van der Waals surface area contributed by atoms with E-state index in [-0.39, 0.29) is 0 Å². The van der Waals surface area contributed by atoms with Gasteiger partial charge in [0.1, 0.15) is 0 Å². The predicted octanol–water partition coefficient (Wildman–Crippen LogP) is 0.492. The van der Waals surface area contributed by atoms with E-state index in [4.69, 9.17) is 34.6 Å². The van der Waals surface area contributed by atoms with Crippen LogP contribution in [0.5, 0.6) is 0 Å². The predicted molar refractivity (Wildman–Crippen MR) is 83.3 cm³/mol. The van der Waals surface area contributed by atoms with Gasteiger partial charge in [-0.1, -0.05) is 20.8 Å². The van der Waals surface area contributed by atoms with E-state index in [1.807, 2.05) is 0 Å². The van der Waals surface area contributed by atoms with Gasteiger partial charge in [-0.2, -0.15) is 0 Å². The molecule has 136 valence electrons. The van der Waals surface area contributed by atoms with Gasteiger partial charge < -0.3 is 34.6 Å². The van der Waals surface area contributed by atoms with Gasteiger partial charge in [0, 0.05) is 0 Å². The number of aliphatic hydroxyl groups excluding tert-OH is 4. The monoisotopic (exact) mass is 326 g/mol. The van der Waals surface area contributed by atoms with Gasteiger partial charge >= 0.3 is 0 Å². The molecule has 0 saturated carbocycles. The summed E-state index contributed by atoms with van der Waals surface area (Å²) in [6, 6.07) is 0. The van der Waals surface area contributed by atoms with E-state index in [2.05, 4.69) is 20.8 Å². The Morgan fingerprint density at radius 3 is 1.05 bits per heavy atom. The number of hydrogen-bond acceptors (Lipinski definition) is 7. The van der Waals surface area contributed by atoms with Crippen LogP contribution < -0.4 is 0 Å². The largest absolute Gasteiger partial charge is 0.396 e. The first kappa shape index (κ1) is 24.0. The third-order valence-electron chi connectivity index (χ3n) is 2.72. The van der Waals surface area contributed by atoms with Crippen LogP contribution in [-0.2, 0) is 14.2 Å². The van der Waals surface area contributed by atoms with Crippen molar-refractivity contribution in [3.8, 4) is 0 Å². The highest BCUT2D eigenvalue weighted by molar-refractivity contribution is 4.74. The van der Waals surface area contributed by atoms with Crippen molar-refractivity contribution < 1.29 is 34.6 Å². The fraction of sp³-hybridized carbons (Fsp3) is 1.00. The number of hydrogen-bond donors (Lipinski definition) is 4. The van der Waals surface area contributed by atoms with Crippen LogP contribution in [0.4, 0.5) is 0 Å². The first-order valence-electron chi connectivity index (χ1n) is 7.87. The normalized spacial score (nSPS) is 11.5. The van der Waals surface area contributed by atoms with Gasteiger partial charge in [0.25, 0.3) is 6.48 Å². The Morgan fingerprint density at radius 2 is 0.909 bits per heavy atom. The third-order valence-corrected chi connectivity index (χ3v) is 2.72. The lowest BCUT2D eigenvalue weighted by Crippen LogP contribution is -2.37. The molecule has 0 saturated heterocycles. The van der Waals surface area contributed by atoms with Crippen molar-refractivity contribution in [3.63, 3.8) is 0 Å². The molecule has 0 atom stereocenters. The second-order valence-electron chi connectivity index (χ2n) is 5.03. The molecule has 7 nitrogen and oxygen atoms in total. The van der Waals surface area contributed by atoms with Gasteiger partial charge in [0.15, 0.2) is 0 Å². The van der Waals surface area contributed by atoms with E-state index in [1.54, 1.807) is 0 Å². The molecule has 0 aliphatic carbocycles. The van der Waals surface area contributed by atoms with E-state index >= 15 is 0 Å². The van der Waals surface area contributed by atoms with Gasteiger partial charge in [-0.15, -0.1) is 0 Å². The molecule has 22 heavy (non-hydrogen) atoms. The summed E-state index contributed by atoms with van der Waals surface area (Å²) in [5.41, 5.74) is -1.11. The number of aliphatic hydroxyl groups is 4. The van der Waals surface area contributed by atoms with E-state index in [9.17, 15) is 0 Å². The summed E-state index contributed by atoms with van der Waals surface area (Å²) in [6.07, 6.45) is 2.96. The molecule has 0 aliphatic heterocycles. The highest BCUT2D eigenvalue weighted by Crippen LogP contribution is 2.11. The zero-order valence-corrected chi connectivity index (χ0v) is 14.2. The van der Waals surface area contributed by atoms with Gasteiger partial charge in [-0.05, 0) is 19.3 Å². The van der Waals surface area contributed by atoms with Crippen molar-refractivity contribution in [1.82, 2.24) is 0 Å². The summed E-state index contributed by atoms with van der Waals surface area (Å²) in [7, 11) is 0. The van der Waals surface area contributed by atoms with Crippen molar-refractivity contribution in [2.75, 3.05) is 46.2 Å². The van der Waals surface area contributed by atoms with Crippen molar-refractivity contribution in [3.05, 3.63) is 0 Å². The third kappa shape index (κ3) is 12.3. The van der Waals surface area contributed by atoms with E-state index in [0.717, 1.165) is 19.3 Å². The molecule has 0 unspecified atom stereocenters. The van der Waals surface area contributed by atoms with Crippen LogP contribution >= 0.6 is 0 Å². The second kappa shape index (κ2) is 17.1. The fourth-order valence-electron chi connectivity index (χ4n) is 1.09. The van der Waals surface area contributed by atoms with Gasteiger partial charge in [0.2, 0.25) is 0 Å². The molecule has 0 aromatic heterocycles. The van der Waals surface area contributed by atoms with E-state index in [0.29, 0.717) is 19.8 Å². The molecule has 0 radical (unpaired) electrons. The molecule has 0 bridgehead atoms. The van der Waals surface area contributed by atoms with Crippen LogP contribution in [-0.4, -0.2) is 73.2 Å². The lowest BCUT2D eigenvalue weighted by atomic mass is 9.93. The average molecular weight is 326 g/mol. The van der Waals surface area contributed by atoms with Crippen molar-refractivity contribution >= 4 is 0 Å². The van der Waals surface area contributed by atoms with Crippen molar-refractivity contribution in [2.45, 2.75) is 46.5 Å². The summed E-state index contributed by atoms with van der Waals surface area (Å²) in [6.45, 7) is 6.19. The first-order chi connectivity index (χ1) is 10.6. The Bertz CT molecular complexity index is 174. The molecule has 0 aromatic carbocycles. The van der Waals surface area contributed by atoms with Crippen LogP contribution in [0.25, 0.3) is 0 Å². The van der Waals surface area contributed by atoms with E-state index in [1.165, 1.54) is 0 Å². The summed E-state index contributed by atoms with van der Waals surface area (Å²) in [4.78, 5) is 0. The smallest absolute Gasteiger partial charge is 0.271 e. The Kier molecular flexibility index (Phi) is 18.6. The van der Waals surface area contributed by atoms with Crippen LogP contribution in [0.3, 0.4) is 0 Å². The minimum Gasteiger partial charge on any atom is -0.396 e. The molecular formula is C15H34O7. The standard InChI is InChI=1S/C10H22O3.C5H12O4/c1-4-7-11-10(12-8-5-2)13-9-6-3;6-1-5(2-7,3-8)4-9/h10H,4-9H2,1-3H3;6-9H,1-4H2. The van der Waals surface area contributed by atoms with Gasteiger partial charge in [-0.3, -0.25) is 0 Å². The minimum absolute atomic E-state index is 0.406. The summed E-state index contributed by atoms with van der Waals surface area (Å²) < 4.78 is 16.1. The minimum atomic E-state index is -1.11. The van der Waals surface area contributed by atoms with Crippen LogP contribution in [0, 0.1) is 5.41 Å². The molecule has 0 amide bonds. The SMILES string of the molecule is CCCOC(OCCC)OCCC.OCC(CO)(CO)CO. The second-order valence-corrected chi connectivity index (χ2v) is 5.03. The molecule has 7 heteroatoms. The van der Waals surface area contributed by atoms with Crippen molar-refractivity contribution in [2.24, 2.45) is 5.41 Å². The molecule has 0 heterocycles. The molecule has 0 fully saturated rings. The molecular weight excluding hydrogens is 292 g/mol. The summed E-state index contributed by atoms with van der Waals surface area (Å²) in [5, 5.41) is 34.0. The number of ether oxygens (including phenoxy) is 3. The van der Waals surface area contributed by atoms with Crippen LogP contribution in [0.15, 0.2) is 0 Å². The molecule has 0 aromatic rings. The summed E-state index contributed by atoms with van der Waals surface area (Å²) in [5.74, 6) is 0. The molecule has 0 aliphatic rings. The van der Waals surface area contributed by atoms with Gasteiger partial charge in [-0.25, -0.2) is 0 Å². The molecule has 0 rings (SSSR count). The zero-order chi connectivity index (χ0) is 17.3. The Hall–Kier alpha value is -0.280. The molecule has 4 N–H and O–H groups in total. The lowest BCUT2D eigenvalue weighted by Gasteiger charge is -2.23. The Balaban J connectivity index is 0. The van der Waals surface area contributed by atoms with Gasteiger partial charge in [0.05, 0.1) is 51.7 Å². The maximum Gasteiger partial charge on any atom is 0.271 e. The highest BCUT2D eigenvalue weighted by atomic mass is 16.8. The van der Waals surface area contributed by atoms with Crippen molar-refractivity contribution in [1.29, 1.82) is 0 Å². The highest BCUT2D eigenvalue weighted by Gasteiger charge is 2.26. The Morgan fingerprint density at radius 1 is 0.636 bits per heavy atom. The zero-order valence-electron chi connectivity index (χ0n) is 14.2. The quantitative estimate of drug-likeness (QED) is 0.365. The maximum atomic E-state index is 8.50. The maximum absolute atomic E-state index is 8.50. The first-order valence-corrected chi connectivity index (χ1v) is 7.87. The topological polar surface area (TPSA) is 109 Å². The van der Waals surface area contributed by atoms with Crippen LogP contribution in [0.2, 0.25) is 0 Å². The number of rotatable bonds is 13. The summed E-state index contributed by atoms with van der Waals surface area (Å²) >= 11 is 0. The lowest BCUT2D eigenvalue weighted by molar-refractivity contribution is -0.287. The van der Waals surface area contributed by atoms with Crippen LogP contribution in [0.1, 0.15) is 40.0 Å².